The summed E-state index contributed by atoms with van der Waals surface area (Å²) in [6, 6.07) is 7.48. The molecule has 0 aliphatic carbocycles. The predicted octanol–water partition coefficient (Wildman–Crippen LogP) is 3.58. The van der Waals surface area contributed by atoms with Crippen molar-refractivity contribution in [3.63, 3.8) is 0 Å². The Hall–Kier alpha value is -0.970. The van der Waals surface area contributed by atoms with Gasteiger partial charge in [-0.15, -0.1) is 0 Å². The molecular weight excluding hydrogens is 268 g/mol. The molecule has 0 aliphatic rings. The molecule has 3 nitrogen and oxygen atoms in total. The van der Waals surface area contributed by atoms with Crippen LogP contribution < -0.4 is 5.73 Å². The van der Waals surface area contributed by atoms with Crippen molar-refractivity contribution in [1.82, 2.24) is 4.98 Å². The molecule has 1 aromatic carbocycles. The van der Waals surface area contributed by atoms with Crippen LogP contribution in [-0.4, -0.2) is 16.8 Å². The van der Waals surface area contributed by atoms with Gasteiger partial charge in [0, 0.05) is 28.1 Å². The van der Waals surface area contributed by atoms with Crippen LogP contribution in [0.3, 0.4) is 0 Å². The van der Waals surface area contributed by atoms with Crippen LogP contribution in [0.5, 0.6) is 0 Å². The maximum atomic E-state index is 5.94. The predicted molar refractivity (Wildman–Crippen MR) is 76.8 cm³/mol. The van der Waals surface area contributed by atoms with Gasteiger partial charge in [0.05, 0.1) is 5.69 Å². The lowest BCUT2D eigenvalue weighted by atomic mass is 10.2. The molecule has 1 unspecified atom stereocenters. The van der Waals surface area contributed by atoms with Crippen LogP contribution in [-0.2, 0) is 5.75 Å². The number of nitrogens with two attached hydrogens (primary N) is 1. The number of oxazole rings is 1. The molecule has 1 atom stereocenters. The zero-order valence-electron chi connectivity index (χ0n) is 10.1. The van der Waals surface area contributed by atoms with Gasteiger partial charge >= 0.3 is 0 Å². The molecule has 2 N–H and O–H groups in total. The molecule has 0 bridgehead atoms. The van der Waals surface area contributed by atoms with Gasteiger partial charge in [0.1, 0.15) is 6.26 Å². The van der Waals surface area contributed by atoms with Crippen molar-refractivity contribution in [3.8, 4) is 11.5 Å². The lowest BCUT2D eigenvalue weighted by Crippen LogP contribution is -2.12. The fourth-order valence-electron chi connectivity index (χ4n) is 1.42. The maximum absolute atomic E-state index is 5.94. The number of benzene rings is 1. The summed E-state index contributed by atoms with van der Waals surface area (Å²) in [6.07, 6.45) is 1.69. The van der Waals surface area contributed by atoms with Gasteiger partial charge in [-0.1, -0.05) is 24.6 Å². The Morgan fingerprint density at radius 1 is 1.50 bits per heavy atom. The van der Waals surface area contributed by atoms with Crippen LogP contribution in [0, 0.1) is 0 Å². The molecule has 18 heavy (non-hydrogen) atoms. The Labute approximate surface area is 116 Å². The summed E-state index contributed by atoms with van der Waals surface area (Å²) in [6.45, 7) is 2.77. The molecule has 1 heterocycles. The van der Waals surface area contributed by atoms with Crippen LogP contribution in [0.1, 0.15) is 12.6 Å². The van der Waals surface area contributed by atoms with Gasteiger partial charge in [0.15, 0.2) is 0 Å². The summed E-state index contributed by atoms with van der Waals surface area (Å²) < 4.78 is 5.46. The number of thioether (sulfide) groups is 1. The molecule has 0 radical (unpaired) electrons. The average Bonchev–Trinajstić information content (AvgIpc) is 2.84. The van der Waals surface area contributed by atoms with E-state index in [0.717, 1.165) is 17.0 Å². The quantitative estimate of drug-likeness (QED) is 0.911. The number of aromatic nitrogens is 1. The van der Waals surface area contributed by atoms with E-state index in [-0.39, 0.29) is 0 Å². The van der Waals surface area contributed by atoms with Crippen LogP contribution in [0.4, 0.5) is 0 Å². The zero-order valence-corrected chi connectivity index (χ0v) is 11.7. The topological polar surface area (TPSA) is 52.0 Å². The minimum atomic E-state index is 0.427. The molecule has 0 fully saturated rings. The molecule has 2 aromatic rings. The van der Waals surface area contributed by atoms with E-state index < -0.39 is 0 Å². The maximum Gasteiger partial charge on any atom is 0.226 e. The number of hydrogen-bond acceptors (Lipinski definition) is 4. The van der Waals surface area contributed by atoms with Crippen LogP contribution >= 0.6 is 23.4 Å². The highest BCUT2D eigenvalue weighted by atomic mass is 35.5. The molecule has 5 heteroatoms. The van der Waals surface area contributed by atoms with E-state index in [0.29, 0.717) is 22.7 Å². The largest absolute Gasteiger partial charge is 0.444 e. The lowest BCUT2D eigenvalue weighted by molar-refractivity contribution is 0.573. The van der Waals surface area contributed by atoms with Gasteiger partial charge in [-0.3, -0.25) is 0 Å². The van der Waals surface area contributed by atoms with E-state index in [2.05, 4.69) is 11.9 Å². The van der Waals surface area contributed by atoms with Crippen molar-refractivity contribution in [2.24, 2.45) is 5.73 Å². The van der Waals surface area contributed by atoms with Gasteiger partial charge in [-0.25, -0.2) is 4.98 Å². The van der Waals surface area contributed by atoms with E-state index in [4.69, 9.17) is 21.8 Å². The highest BCUT2D eigenvalue weighted by molar-refractivity contribution is 7.99. The average molecular weight is 283 g/mol. The first-order valence-corrected chi connectivity index (χ1v) is 7.13. The molecular formula is C13H15ClN2OS. The highest BCUT2D eigenvalue weighted by Crippen LogP contribution is 2.24. The smallest absolute Gasteiger partial charge is 0.226 e. The molecule has 1 aromatic heterocycles. The summed E-state index contributed by atoms with van der Waals surface area (Å²) in [4.78, 5) is 4.44. The minimum absolute atomic E-state index is 0.427. The second-order valence-electron chi connectivity index (χ2n) is 4.01. The van der Waals surface area contributed by atoms with E-state index in [1.165, 1.54) is 0 Å². The van der Waals surface area contributed by atoms with Gasteiger partial charge < -0.3 is 10.2 Å². The van der Waals surface area contributed by atoms with Crippen LogP contribution in [0.2, 0.25) is 5.02 Å². The number of nitrogens with zero attached hydrogens (tertiary/aromatic N) is 1. The second kappa shape index (κ2) is 6.27. The van der Waals surface area contributed by atoms with Crippen molar-refractivity contribution >= 4 is 23.4 Å². The molecule has 0 spiro atoms. The van der Waals surface area contributed by atoms with E-state index in [9.17, 15) is 0 Å². The van der Waals surface area contributed by atoms with Gasteiger partial charge in [0.25, 0.3) is 0 Å². The first kappa shape index (κ1) is 13.5. The summed E-state index contributed by atoms with van der Waals surface area (Å²) in [5.41, 5.74) is 7.39. The summed E-state index contributed by atoms with van der Waals surface area (Å²) in [5.74, 6) is 1.41. The Morgan fingerprint density at radius 3 is 3.06 bits per heavy atom. The number of rotatable bonds is 5. The minimum Gasteiger partial charge on any atom is -0.444 e. The first-order valence-electron chi connectivity index (χ1n) is 5.71. The molecule has 0 saturated heterocycles. The van der Waals surface area contributed by atoms with Crippen molar-refractivity contribution < 1.29 is 4.42 Å². The third-order valence-electron chi connectivity index (χ3n) is 2.47. The van der Waals surface area contributed by atoms with Crippen LogP contribution in [0.15, 0.2) is 34.9 Å². The number of halogens is 1. The Kier molecular flexibility index (Phi) is 4.69. The van der Waals surface area contributed by atoms with Gasteiger partial charge in [-0.2, -0.15) is 11.8 Å². The third-order valence-corrected chi connectivity index (χ3v) is 3.93. The van der Waals surface area contributed by atoms with Crippen molar-refractivity contribution in [3.05, 3.63) is 41.2 Å². The highest BCUT2D eigenvalue weighted by Gasteiger charge is 2.08. The molecule has 96 valence electrons. The summed E-state index contributed by atoms with van der Waals surface area (Å²) in [5, 5.41) is 1.11. The lowest BCUT2D eigenvalue weighted by Gasteiger charge is -2.04. The van der Waals surface area contributed by atoms with Crippen molar-refractivity contribution in [2.75, 3.05) is 6.54 Å². The van der Waals surface area contributed by atoms with E-state index in [1.54, 1.807) is 18.0 Å². The third kappa shape index (κ3) is 3.51. The van der Waals surface area contributed by atoms with Crippen LogP contribution in [0.25, 0.3) is 11.5 Å². The Bertz CT molecular complexity index is 515. The zero-order chi connectivity index (χ0) is 13.0. The Morgan fingerprint density at radius 2 is 2.33 bits per heavy atom. The van der Waals surface area contributed by atoms with Crippen molar-refractivity contribution in [2.45, 2.75) is 17.9 Å². The molecule has 0 amide bonds. The van der Waals surface area contributed by atoms with Gasteiger partial charge in [-0.05, 0) is 18.2 Å². The fraction of sp³-hybridized carbons (Fsp3) is 0.308. The second-order valence-corrected chi connectivity index (χ2v) is 5.87. The monoisotopic (exact) mass is 282 g/mol. The van der Waals surface area contributed by atoms with Crippen molar-refractivity contribution in [1.29, 1.82) is 0 Å². The Balaban J connectivity index is 2.06. The molecule has 0 aliphatic heterocycles. The van der Waals surface area contributed by atoms with E-state index in [1.807, 2.05) is 24.3 Å². The SMILES string of the molecule is CC(CN)SCc1coc(-c2cccc(Cl)c2)n1. The summed E-state index contributed by atoms with van der Waals surface area (Å²) in [7, 11) is 0. The van der Waals surface area contributed by atoms with E-state index >= 15 is 0 Å². The standard InChI is InChI=1S/C13H15ClN2OS/c1-9(6-15)18-8-12-7-17-13(16-12)10-3-2-4-11(14)5-10/h2-5,7,9H,6,8,15H2,1H3. The summed E-state index contributed by atoms with van der Waals surface area (Å²) >= 11 is 7.70. The fourth-order valence-corrected chi connectivity index (χ4v) is 2.34. The normalized spacial score (nSPS) is 12.6. The molecule has 2 rings (SSSR count). The first-order chi connectivity index (χ1) is 8.69. The number of hydrogen-bond donors (Lipinski definition) is 1. The van der Waals surface area contributed by atoms with Gasteiger partial charge in [0.2, 0.25) is 5.89 Å². The molecule has 0 saturated carbocycles.